The van der Waals surface area contributed by atoms with E-state index in [1.807, 2.05) is 63.2 Å². The molecule has 1 fully saturated rings. The van der Waals surface area contributed by atoms with E-state index >= 15 is 0 Å². The molecule has 0 atom stereocenters. The summed E-state index contributed by atoms with van der Waals surface area (Å²) >= 11 is 0. The number of anilines is 2. The minimum absolute atomic E-state index is 0.0292. The Balaban J connectivity index is 0.000000709. The Kier molecular flexibility index (Phi) is 6.57. The fourth-order valence-electron chi connectivity index (χ4n) is 4.51. The minimum atomic E-state index is -3.01. The van der Waals surface area contributed by atoms with E-state index in [1.165, 1.54) is 0 Å². The highest BCUT2D eigenvalue weighted by atomic mass is 32.2. The van der Waals surface area contributed by atoms with Gasteiger partial charge in [-0.25, -0.2) is 13.2 Å². The molecule has 0 aromatic heterocycles. The number of Topliss-reactive ketones (excluding diaryl/α,β-unsaturated/α-hetero) is 1. The molecule has 0 N–H and O–H groups in total. The van der Waals surface area contributed by atoms with Gasteiger partial charge in [-0.05, 0) is 56.2 Å². The Hall–Kier alpha value is -2.94. The summed E-state index contributed by atoms with van der Waals surface area (Å²) in [5.74, 6) is 0.0714. The van der Waals surface area contributed by atoms with Gasteiger partial charge in [-0.1, -0.05) is 25.1 Å². The molecule has 33 heavy (non-hydrogen) atoms. The van der Waals surface area contributed by atoms with Gasteiger partial charge in [0.25, 0.3) is 0 Å². The molecular formula is C24H25F2NO5S. The SMILES string of the molecule is CCC1(CC(=O)c2ccc3c(c2)C(C)(C)C(=O)N3c2ccccc2)CS(=O)(=O)C1.O=C(F)F. The van der Waals surface area contributed by atoms with E-state index in [0.29, 0.717) is 12.0 Å². The van der Waals surface area contributed by atoms with Gasteiger partial charge in [-0.15, -0.1) is 8.78 Å². The fraction of sp³-hybridized carbons (Fsp3) is 0.375. The van der Waals surface area contributed by atoms with Crippen LogP contribution in [0.1, 0.15) is 49.5 Å². The number of ketones is 1. The number of nitrogens with zero attached hydrogens (tertiary/aromatic N) is 1. The molecule has 2 aliphatic heterocycles. The van der Waals surface area contributed by atoms with Gasteiger partial charge in [-0.2, -0.15) is 0 Å². The third-order valence-electron chi connectivity index (χ3n) is 6.32. The molecule has 0 saturated carbocycles. The second-order valence-electron chi connectivity index (χ2n) is 9.04. The number of para-hydroxylation sites is 1. The van der Waals surface area contributed by atoms with Crippen LogP contribution in [0.25, 0.3) is 0 Å². The van der Waals surface area contributed by atoms with Gasteiger partial charge in [-0.3, -0.25) is 14.5 Å². The maximum absolute atomic E-state index is 13.1. The molecule has 0 radical (unpaired) electrons. The molecule has 2 aliphatic rings. The first-order valence-electron chi connectivity index (χ1n) is 10.4. The van der Waals surface area contributed by atoms with Crippen molar-refractivity contribution < 1.29 is 31.6 Å². The molecule has 2 aromatic rings. The number of sulfone groups is 1. The van der Waals surface area contributed by atoms with Crippen molar-refractivity contribution in [1.29, 1.82) is 0 Å². The predicted molar refractivity (Wildman–Crippen MR) is 121 cm³/mol. The van der Waals surface area contributed by atoms with Crippen molar-refractivity contribution in [2.75, 3.05) is 16.4 Å². The number of hydrogen-bond donors (Lipinski definition) is 0. The van der Waals surface area contributed by atoms with Crippen LogP contribution in [0, 0.1) is 5.41 Å². The lowest BCUT2D eigenvalue weighted by Crippen LogP contribution is -2.49. The van der Waals surface area contributed by atoms with Crippen LogP contribution in [0.4, 0.5) is 25.0 Å². The number of hydrogen-bond acceptors (Lipinski definition) is 5. The number of fused-ring (bicyclic) bond motifs is 1. The zero-order valence-electron chi connectivity index (χ0n) is 18.6. The van der Waals surface area contributed by atoms with E-state index in [2.05, 4.69) is 0 Å². The van der Waals surface area contributed by atoms with Crippen LogP contribution in [0.3, 0.4) is 0 Å². The summed E-state index contributed by atoms with van der Waals surface area (Å²) in [6.45, 7) is 5.68. The third-order valence-corrected chi connectivity index (χ3v) is 8.43. The van der Waals surface area contributed by atoms with Gasteiger partial charge in [0.2, 0.25) is 5.91 Å². The second-order valence-corrected chi connectivity index (χ2v) is 11.1. The van der Waals surface area contributed by atoms with E-state index in [0.717, 1.165) is 16.9 Å². The van der Waals surface area contributed by atoms with Crippen molar-refractivity contribution >= 4 is 39.2 Å². The largest absolute Gasteiger partial charge is 0.483 e. The zero-order chi connectivity index (χ0) is 24.6. The molecule has 0 unspecified atom stereocenters. The van der Waals surface area contributed by atoms with E-state index in [-0.39, 0.29) is 29.6 Å². The van der Waals surface area contributed by atoms with E-state index in [9.17, 15) is 26.8 Å². The molecule has 2 aromatic carbocycles. The molecule has 0 bridgehead atoms. The fourth-order valence-corrected chi connectivity index (χ4v) is 6.90. The van der Waals surface area contributed by atoms with Crippen molar-refractivity contribution in [3.8, 4) is 0 Å². The lowest BCUT2D eigenvalue weighted by Gasteiger charge is -2.40. The maximum atomic E-state index is 13.1. The lowest BCUT2D eigenvalue weighted by atomic mass is 9.80. The van der Waals surface area contributed by atoms with Crippen LogP contribution in [0.15, 0.2) is 48.5 Å². The van der Waals surface area contributed by atoms with Crippen LogP contribution in [0.2, 0.25) is 0 Å². The van der Waals surface area contributed by atoms with Crippen LogP contribution >= 0.6 is 0 Å². The standard InChI is InChI=1S/C23H25NO4S.CF2O/c1-4-23(14-29(27,28)15-23)13-20(25)16-10-11-19-18(12-16)22(2,3)21(26)24(19)17-8-6-5-7-9-17;2-1(3)4/h5-12H,4,13-15H2,1-3H3;. The molecule has 0 spiro atoms. The number of carbonyl (C=O) groups is 3. The number of carbonyl (C=O) groups excluding carboxylic acids is 3. The van der Waals surface area contributed by atoms with Crippen LogP contribution < -0.4 is 4.90 Å². The summed E-state index contributed by atoms with van der Waals surface area (Å²) in [6, 6.07) is 14.9. The number of rotatable bonds is 5. The normalized spacial score (nSPS) is 19.1. The maximum Gasteiger partial charge on any atom is 0.483 e. The Morgan fingerprint density at radius 1 is 1.03 bits per heavy atom. The first kappa shape index (κ1) is 24.7. The molecular weight excluding hydrogens is 452 g/mol. The van der Waals surface area contributed by atoms with Crippen LogP contribution in [0.5, 0.6) is 0 Å². The Bertz CT molecular complexity index is 1190. The molecule has 1 saturated heterocycles. The quantitative estimate of drug-likeness (QED) is 0.442. The highest BCUT2D eigenvalue weighted by Crippen LogP contribution is 2.46. The molecule has 2 heterocycles. The summed E-state index contributed by atoms with van der Waals surface area (Å²) in [5.41, 5.74) is 1.76. The third kappa shape index (κ3) is 4.88. The van der Waals surface area contributed by atoms with Gasteiger partial charge < -0.3 is 0 Å². The summed E-state index contributed by atoms with van der Waals surface area (Å²) in [6.07, 6.45) is -1.95. The molecule has 9 heteroatoms. The van der Waals surface area contributed by atoms with Crippen LogP contribution in [-0.4, -0.2) is 37.9 Å². The lowest BCUT2D eigenvalue weighted by molar-refractivity contribution is -0.121. The average molecular weight is 478 g/mol. The number of halogens is 2. The number of benzene rings is 2. The summed E-state index contributed by atoms with van der Waals surface area (Å²) in [7, 11) is -3.01. The van der Waals surface area contributed by atoms with E-state index < -0.39 is 27.0 Å². The molecule has 0 aliphatic carbocycles. The second kappa shape index (κ2) is 8.78. The van der Waals surface area contributed by atoms with E-state index in [4.69, 9.17) is 4.79 Å². The Labute approximate surface area is 191 Å². The number of amides is 1. The summed E-state index contributed by atoms with van der Waals surface area (Å²) in [4.78, 5) is 35.9. The van der Waals surface area contributed by atoms with Crippen molar-refractivity contribution in [2.45, 2.75) is 39.0 Å². The smallest absolute Gasteiger partial charge is 0.294 e. The first-order chi connectivity index (χ1) is 15.3. The molecule has 6 nitrogen and oxygen atoms in total. The van der Waals surface area contributed by atoms with Crippen molar-refractivity contribution in [2.24, 2.45) is 5.41 Å². The average Bonchev–Trinajstić information content (AvgIpc) is 2.92. The summed E-state index contributed by atoms with van der Waals surface area (Å²) in [5, 5.41) is 0. The minimum Gasteiger partial charge on any atom is -0.294 e. The first-order valence-corrected chi connectivity index (χ1v) is 12.3. The zero-order valence-corrected chi connectivity index (χ0v) is 19.4. The van der Waals surface area contributed by atoms with Gasteiger partial charge >= 0.3 is 6.29 Å². The van der Waals surface area contributed by atoms with Crippen LogP contribution in [-0.2, 0) is 20.0 Å². The predicted octanol–water partition coefficient (Wildman–Crippen LogP) is 5.09. The van der Waals surface area contributed by atoms with Crippen molar-refractivity contribution in [3.05, 3.63) is 59.7 Å². The van der Waals surface area contributed by atoms with Gasteiger partial charge in [0.1, 0.15) is 0 Å². The summed E-state index contributed by atoms with van der Waals surface area (Å²) < 4.78 is 42.7. The highest BCUT2D eigenvalue weighted by molar-refractivity contribution is 7.92. The highest BCUT2D eigenvalue weighted by Gasteiger charge is 2.49. The molecule has 176 valence electrons. The van der Waals surface area contributed by atoms with Gasteiger partial charge in [0, 0.05) is 23.1 Å². The Morgan fingerprint density at radius 2 is 1.61 bits per heavy atom. The van der Waals surface area contributed by atoms with Crippen molar-refractivity contribution in [1.82, 2.24) is 0 Å². The van der Waals surface area contributed by atoms with Gasteiger partial charge in [0.15, 0.2) is 15.6 Å². The Morgan fingerprint density at radius 3 is 2.12 bits per heavy atom. The molecule has 1 amide bonds. The van der Waals surface area contributed by atoms with E-state index in [1.54, 1.807) is 11.0 Å². The monoisotopic (exact) mass is 477 g/mol. The molecule has 4 rings (SSSR count). The van der Waals surface area contributed by atoms with Crippen molar-refractivity contribution in [3.63, 3.8) is 0 Å². The van der Waals surface area contributed by atoms with Gasteiger partial charge in [0.05, 0.1) is 22.6 Å². The topological polar surface area (TPSA) is 88.6 Å².